The molecule has 0 amide bonds. The van der Waals surface area contributed by atoms with Gasteiger partial charge in [0.2, 0.25) is 0 Å². The first-order chi connectivity index (χ1) is 18.7. The van der Waals surface area contributed by atoms with Gasteiger partial charge in [0, 0.05) is 44.3 Å². The number of alkyl halides is 3. The largest absolute Gasteiger partial charge is 0.573 e. The van der Waals surface area contributed by atoms with Gasteiger partial charge in [0.1, 0.15) is 23.1 Å². The molecule has 39 heavy (non-hydrogen) atoms. The van der Waals surface area contributed by atoms with E-state index in [9.17, 15) is 13.2 Å². The van der Waals surface area contributed by atoms with Crippen LogP contribution in [0.1, 0.15) is 50.1 Å². The van der Waals surface area contributed by atoms with E-state index in [4.69, 9.17) is 9.97 Å². The van der Waals surface area contributed by atoms with Crippen molar-refractivity contribution in [2.24, 2.45) is 4.99 Å². The lowest BCUT2D eigenvalue weighted by Gasteiger charge is -2.50. The number of aryl methyl sites for hydroxylation is 1. The number of benzene rings is 1. The highest BCUT2D eigenvalue weighted by Gasteiger charge is 2.37. The van der Waals surface area contributed by atoms with Crippen LogP contribution in [0.4, 0.5) is 19.0 Å². The third kappa shape index (κ3) is 6.63. The van der Waals surface area contributed by atoms with Crippen LogP contribution in [0.25, 0.3) is 0 Å². The molecule has 212 valence electrons. The normalized spacial score (nSPS) is 23.5. The molecule has 2 atom stereocenters. The summed E-state index contributed by atoms with van der Waals surface area (Å²) in [6.07, 6.45) is 0.414. The van der Waals surface area contributed by atoms with Crippen molar-refractivity contribution < 1.29 is 17.9 Å². The van der Waals surface area contributed by atoms with Crippen molar-refractivity contribution >= 4 is 11.7 Å². The maximum Gasteiger partial charge on any atom is 0.573 e. The van der Waals surface area contributed by atoms with Crippen molar-refractivity contribution in [1.29, 1.82) is 0 Å². The molecule has 0 aliphatic carbocycles. The number of piperazine rings is 1. The fourth-order valence-corrected chi connectivity index (χ4v) is 6.08. The van der Waals surface area contributed by atoms with Gasteiger partial charge in [-0.15, -0.1) is 13.2 Å². The van der Waals surface area contributed by atoms with Gasteiger partial charge < -0.3 is 15.0 Å². The molecule has 4 heterocycles. The Morgan fingerprint density at radius 2 is 1.85 bits per heavy atom. The highest BCUT2D eigenvalue weighted by Crippen LogP contribution is 2.30. The molecule has 5 rings (SSSR count). The summed E-state index contributed by atoms with van der Waals surface area (Å²) < 4.78 is 41.3. The van der Waals surface area contributed by atoms with Crippen LogP contribution in [-0.2, 0) is 6.54 Å². The van der Waals surface area contributed by atoms with Crippen molar-refractivity contribution in [1.82, 2.24) is 25.1 Å². The molecule has 11 heteroatoms. The summed E-state index contributed by atoms with van der Waals surface area (Å²) >= 11 is 0. The lowest BCUT2D eigenvalue weighted by Crippen LogP contribution is -2.61. The first-order valence-electron chi connectivity index (χ1n) is 13.9. The summed E-state index contributed by atoms with van der Waals surface area (Å²) in [6.45, 7) is 12.8. The van der Waals surface area contributed by atoms with Gasteiger partial charge >= 0.3 is 6.36 Å². The maximum absolute atomic E-state index is 12.4. The van der Waals surface area contributed by atoms with Crippen LogP contribution < -0.4 is 15.0 Å². The topological polar surface area (TPSA) is 69.1 Å². The number of rotatable bonds is 7. The number of hydrogen-bond acceptors (Lipinski definition) is 8. The zero-order valence-electron chi connectivity index (χ0n) is 22.9. The quantitative estimate of drug-likeness (QED) is 0.565. The van der Waals surface area contributed by atoms with E-state index in [0.29, 0.717) is 18.1 Å². The average molecular weight is 546 g/mol. The molecule has 2 aromatic rings. The lowest BCUT2D eigenvalue weighted by atomic mass is 9.96. The standard InChI is InChI=1S/C28H38F3N7O/c1-4-22-18-37(27-20(3)35-25(15-34-27)26-32-11-12-33-26)19(2)16-38(22)23-9-13-36(14-10-23)17-21-5-7-24(8-6-21)39-28(29,30)31/h5-8,15,19,22-23H,4,9-14,16-18H2,1-3H3,(H,32,33)/t19-,22+/m1/s1. The molecule has 2 saturated heterocycles. The summed E-state index contributed by atoms with van der Waals surface area (Å²) in [5.41, 5.74) is 2.74. The molecule has 0 unspecified atom stereocenters. The second-order valence-electron chi connectivity index (χ2n) is 10.8. The molecule has 8 nitrogen and oxygen atoms in total. The number of piperidine rings is 1. The smallest absolute Gasteiger partial charge is 0.406 e. The highest BCUT2D eigenvalue weighted by molar-refractivity contribution is 5.97. The number of amidine groups is 1. The predicted molar refractivity (Wildman–Crippen MR) is 145 cm³/mol. The van der Waals surface area contributed by atoms with Crippen LogP contribution >= 0.6 is 0 Å². The zero-order valence-corrected chi connectivity index (χ0v) is 22.9. The van der Waals surface area contributed by atoms with Gasteiger partial charge in [0.05, 0.1) is 18.4 Å². The van der Waals surface area contributed by atoms with E-state index >= 15 is 0 Å². The number of halogens is 3. The van der Waals surface area contributed by atoms with Crippen LogP contribution in [0.15, 0.2) is 35.5 Å². The fraction of sp³-hybridized carbons (Fsp3) is 0.607. The number of hydrogen-bond donors (Lipinski definition) is 1. The molecule has 3 aliphatic heterocycles. The van der Waals surface area contributed by atoms with Crippen LogP contribution in [0.2, 0.25) is 0 Å². The summed E-state index contributed by atoms with van der Waals surface area (Å²) in [6, 6.07) is 7.51. The number of aromatic nitrogens is 2. The second-order valence-corrected chi connectivity index (χ2v) is 10.8. The number of ether oxygens (including phenoxy) is 1. The predicted octanol–water partition coefficient (Wildman–Crippen LogP) is 3.99. The summed E-state index contributed by atoms with van der Waals surface area (Å²) in [5.74, 6) is 1.62. The molecule has 1 N–H and O–H groups in total. The fourth-order valence-electron chi connectivity index (χ4n) is 6.08. The maximum atomic E-state index is 12.4. The second kappa shape index (κ2) is 11.7. The lowest BCUT2D eigenvalue weighted by molar-refractivity contribution is -0.274. The van der Waals surface area contributed by atoms with Crippen LogP contribution in [0.3, 0.4) is 0 Å². The van der Waals surface area contributed by atoms with Crippen molar-refractivity contribution in [3.8, 4) is 5.75 Å². The Hall–Kier alpha value is -2.92. The van der Waals surface area contributed by atoms with Gasteiger partial charge in [0.25, 0.3) is 0 Å². The highest BCUT2D eigenvalue weighted by atomic mass is 19.4. The third-order valence-electron chi connectivity index (χ3n) is 8.05. The Labute approximate surface area is 228 Å². The van der Waals surface area contributed by atoms with Crippen molar-refractivity contribution in [3.05, 3.63) is 47.4 Å². The summed E-state index contributed by atoms with van der Waals surface area (Å²) in [4.78, 5) is 21.6. The van der Waals surface area contributed by atoms with Gasteiger partial charge in [-0.1, -0.05) is 19.1 Å². The van der Waals surface area contributed by atoms with Gasteiger partial charge in [-0.3, -0.25) is 14.8 Å². The van der Waals surface area contributed by atoms with E-state index in [-0.39, 0.29) is 5.75 Å². The van der Waals surface area contributed by atoms with Crippen LogP contribution in [0, 0.1) is 6.92 Å². The summed E-state index contributed by atoms with van der Waals surface area (Å²) in [5, 5.41) is 3.27. The van der Waals surface area contributed by atoms with Crippen molar-refractivity contribution in [2.45, 2.75) is 71.1 Å². The molecular weight excluding hydrogens is 507 g/mol. The van der Waals surface area contributed by atoms with E-state index in [2.05, 4.69) is 43.6 Å². The SMILES string of the molecule is CC[C@H]1CN(c2ncc(C3=NCCN3)nc2C)[C@H](C)CN1C1CCN(Cc2ccc(OC(F)(F)F)cc2)CC1. The minimum Gasteiger partial charge on any atom is -0.406 e. The number of nitrogens with zero attached hydrogens (tertiary/aromatic N) is 6. The van der Waals surface area contributed by atoms with E-state index in [1.54, 1.807) is 12.1 Å². The molecule has 3 aliphatic rings. The number of likely N-dealkylation sites (tertiary alicyclic amines) is 1. The minimum atomic E-state index is -4.66. The zero-order chi connectivity index (χ0) is 27.6. The molecule has 1 aromatic carbocycles. The van der Waals surface area contributed by atoms with Gasteiger partial charge in [0.15, 0.2) is 0 Å². The molecule has 0 radical (unpaired) electrons. The van der Waals surface area contributed by atoms with E-state index in [1.165, 1.54) is 12.1 Å². The number of aliphatic imine (C=N–C) groups is 1. The van der Waals surface area contributed by atoms with Crippen LogP contribution in [0.5, 0.6) is 5.75 Å². The first kappa shape index (κ1) is 27.6. The van der Waals surface area contributed by atoms with Gasteiger partial charge in [-0.25, -0.2) is 9.97 Å². The van der Waals surface area contributed by atoms with Gasteiger partial charge in [-0.2, -0.15) is 0 Å². The monoisotopic (exact) mass is 545 g/mol. The van der Waals surface area contributed by atoms with Crippen molar-refractivity contribution in [2.75, 3.05) is 44.2 Å². The minimum absolute atomic E-state index is 0.179. The summed E-state index contributed by atoms with van der Waals surface area (Å²) in [7, 11) is 0. The van der Waals surface area contributed by atoms with Crippen molar-refractivity contribution in [3.63, 3.8) is 0 Å². The third-order valence-corrected chi connectivity index (χ3v) is 8.05. The Morgan fingerprint density at radius 1 is 1.10 bits per heavy atom. The van der Waals surface area contributed by atoms with E-state index < -0.39 is 6.36 Å². The number of nitrogens with one attached hydrogen (secondary N) is 1. The Bertz CT molecular complexity index is 1150. The Morgan fingerprint density at radius 3 is 2.46 bits per heavy atom. The molecule has 0 bridgehead atoms. The molecule has 0 saturated carbocycles. The molecule has 2 fully saturated rings. The molecule has 1 aromatic heterocycles. The van der Waals surface area contributed by atoms with E-state index in [0.717, 1.165) is 93.7 Å². The first-order valence-corrected chi connectivity index (χ1v) is 13.9. The molecule has 0 spiro atoms. The van der Waals surface area contributed by atoms with Crippen LogP contribution in [-0.4, -0.2) is 89.4 Å². The molecular formula is C28H38F3N7O. The average Bonchev–Trinajstić information content (AvgIpc) is 3.45. The Balaban J connectivity index is 1.16. The Kier molecular flexibility index (Phi) is 8.27. The number of anilines is 1. The van der Waals surface area contributed by atoms with E-state index in [1.807, 2.05) is 13.1 Å². The van der Waals surface area contributed by atoms with Gasteiger partial charge in [-0.05, 0) is 63.9 Å².